The van der Waals surface area contributed by atoms with Crippen LogP contribution in [-0.4, -0.2) is 32.6 Å². The molecule has 0 saturated heterocycles. The fourth-order valence-corrected chi connectivity index (χ4v) is 3.31. The Morgan fingerprint density at radius 3 is 2.63 bits per heavy atom. The van der Waals surface area contributed by atoms with Crippen molar-refractivity contribution >= 4 is 41.5 Å². The minimum atomic E-state index is 0. The zero-order chi connectivity index (χ0) is 20.5. The van der Waals surface area contributed by atoms with Crippen LogP contribution in [0, 0.1) is 5.92 Å². The molecular formula is C23H31IN4O2. The van der Waals surface area contributed by atoms with E-state index in [-0.39, 0.29) is 35.8 Å². The Kier molecular flexibility index (Phi) is 9.93. The van der Waals surface area contributed by atoms with Crippen molar-refractivity contribution in [3.8, 4) is 5.75 Å². The quantitative estimate of drug-likeness (QED) is 0.279. The number of anilines is 1. The molecule has 0 aliphatic heterocycles. The molecule has 0 spiro atoms. The largest absolute Gasteiger partial charge is 0.496 e. The summed E-state index contributed by atoms with van der Waals surface area (Å²) >= 11 is 0. The Morgan fingerprint density at radius 1 is 1.13 bits per heavy atom. The zero-order valence-corrected chi connectivity index (χ0v) is 19.9. The molecule has 1 saturated carbocycles. The van der Waals surface area contributed by atoms with E-state index in [1.807, 2.05) is 42.5 Å². The number of carbonyl (C=O) groups excluding carboxylic acids is 1. The number of para-hydroxylation sites is 1. The Labute approximate surface area is 195 Å². The summed E-state index contributed by atoms with van der Waals surface area (Å²) in [5.74, 6) is 1.96. The van der Waals surface area contributed by atoms with Gasteiger partial charge in [0.1, 0.15) is 5.75 Å². The molecule has 3 N–H and O–H groups in total. The summed E-state index contributed by atoms with van der Waals surface area (Å²) in [6.07, 6.45) is 4.01. The number of hydrogen-bond donors (Lipinski definition) is 3. The molecule has 30 heavy (non-hydrogen) atoms. The summed E-state index contributed by atoms with van der Waals surface area (Å²) in [5.41, 5.74) is 3.09. The summed E-state index contributed by atoms with van der Waals surface area (Å²) in [6.45, 7) is 1.37. The Morgan fingerprint density at radius 2 is 1.93 bits per heavy atom. The highest BCUT2D eigenvalue weighted by Gasteiger charge is 2.25. The van der Waals surface area contributed by atoms with Crippen molar-refractivity contribution < 1.29 is 9.53 Å². The smallest absolute Gasteiger partial charge is 0.227 e. The number of rotatable bonds is 8. The van der Waals surface area contributed by atoms with Crippen molar-refractivity contribution in [3.63, 3.8) is 0 Å². The Bertz CT molecular complexity index is 853. The molecule has 1 fully saturated rings. The van der Waals surface area contributed by atoms with E-state index in [1.165, 1.54) is 0 Å². The molecule has 0 bridgehead atoms. The molecule has 7 heteroatoms. The van der Waals surface area contributed by atoms with Gasteiger partial charge in [0.2, 0.25) is 5.91 Å². The maximum absolute atomic E-state index is 12.1. The van der Waals surface area contributed by atoms with Gasteiger partial charge in [-0.2, -0.15) is 0 Å². The number of methoxy groups -OCH3 is 1. The highest BCUT2D eigenvalue weighted by molar-refractivity contribution is 14.0. The SMILES string of the molecule is CN=C(NCCc1ccccc1OC)NCc1cccc(NC(=O)C2CCC2)c1.I. The van der Waals surface area contributed by atoms with E-state index in [4.69, 9.17) is 4.74 Å². The second kappa shape index (κ2) is 12.4. The van der Waals surface area contributed by atoms with Gasteiger partial charge in [0.25, 0.3) is 0 Å². The number of amides is 1. The summed E-state index contributed by atoms with van der Waals surface area (Å²) < 4.78 is 5.40. The molecule has 0 aromatic heterocycles. The van der Waals surface area contributed by atoms with Crippen molar-refractivity contribution in [2.75, 3.05) is 26.0 Å². The van der Waals surface area contributed by atoms with Crippen molar-refractivity contribution in [2.45, 2.75) is 32.2 Å². The second-order valence-electron chi connectivity index (χ2n) is 7.23. The number of hydrogen-bond acceptors (Lipinski definition) is 3. The summed E-state index contributed by atoms with van der Waals surface area (Å²) in [7, 11) is 3.45. The van der Waals surface area contributed by atoms with Crippen molar-refractivity contribution in [1.82, 2.24) is 10.6 Å². The molecular weight excluding hydrogens is 491 g/mol. The van der Waals surface area contributed by atoms with E-state index < -0.39 is 0 Å². The molecule has 2 aromatic rings. The summed E-state index contributed by atoms with van der Waals surface area (Å²) in [5, 5.41) is 9.68. The highest BCUT2D eigenvalue weighted by Crippen LogP contribution is 2.27. The van der Waals surface area contributed by atoms with Crippen LogP contribution in [0.25, 0.3) is 0 Å². The predicted molar refractivity (Wildman–Crippen MR) is 133 cm³/mol. The van der Waals surface area contributed by atoms with Crippen molar-refractivity contribution in [2.24, 2.45) is 10.9 Å². The first-order valence-corrected chi connectivity index (χ1v) is 10.2. The number of carbonyl (C=O) groups is 1. The average Bonchev–Trinajstić information content (AvgIpc) is 2.69. The van der Waals surface area contributed by atoms with Gasteiger partial charge in [0.05, 0.1) is 7.11 Å². The van der Waals surface area contributed by atoms with Crippen LogP contribution in [0.3, 0.4) is 0 Å². The minimum absolute atomic E-state index is 0. The van der Waals surface area contributed by atoms with E-state index in [2.05, 4.69) is 27.0 Å². The van der Waals surface area contributed by atoms with E-state index in [0.29, 0.717) is 6.54 Å². The van der Waals surface area contributed by atoms with Crippen LogP contribution < -0.4 is 20.7 Å². The molecule has 0 unspecified atom stereocenters. The molecule has 0 radical (unpaired) electrons. The average molecular weight is 522 g/mol. The number of benzene rings is 2. The van der Waals surface area contributed by atoms with Crippen LogP contribution in [0.1, 0.15) is 30.4 Å². The molecule has 0 heterocycles. The van der Waals surface area contributed by atoms with E-state index in [0.717, 1.165) is 60.8 Å². The van der Waals surface area contributed by atoms with Gasteiger partial charge in [-0.05, 0) is 48.6 Å². The zero-order valence-electron chi connectivity index (χ0n) is 17.6. The standard InChI is InChI=1S/C23H30N4O2.HI/c1-24-23(25-14-13-18-8-3-4-12-21(18)29-2)26-16-17-7-5-11-20(15-17)27-22(28)19-9-6-10-19;/h3-5,7-8,11-12,15,19H,6,9-10,13-14,16H2,1-2H3,(H,27,28)(H2,24,25,26);1H. The molecule has 2 aromatic carbocycles. The first-order valence-electron chi connectivity index (χ1n) is 10.2. The number of halogens is 1. The van der Waals surface area contributed by atoms with Gasteiger partial charge in [0.15, 0.2) is 5.96 Å². The van der Waals surface area contributed by atoms with E-state index in [1.54, 1.807) is 14.2 Å². The third-order valence-corrected chi connectivity index (χ3v) is 5.23. The molecule has 0 atom stereocenters. The van der Waals surface area contributed by atoms with E-state index in [9.17, 15) is 4.79 Å². The summed E-state index contributed by atoms with van der Waals surface area (Å²) in [4.78, 5) is 16.4. The van der Waals surface area contributed by atoms with Gasteiger partial charge in [-0.1, -0.05) is 36.8 Å². The fourth-order valence-electron chi connectivity index (χ4n) is 3.31. The molecule has 6 nitrogen and oxygen atoms in total. The predicted octanol–water partition coefficient (Wildman–Crippen LogP) is 3.96. The van der Waals surface area contributed by atoms with Gasteiger partial charge < -0.3 is 20.7 Å². The Hall–Kier alpha value is -2.29. The molecule has 162 valence electrons. The van der Waals surface area contributed by atoms with Gasteiger partial charge in [-0.25, -0.2) is 0 Å². The monoisotopic (exact) mass is 522 g/mol. The number of aliphatic imine (C=N–C) groups is 1. The maximum atomic E-state index is 12.1. The lowest BCUT2D eigenvalue weighted by Crippen LogP contribution is -2.37. The molecule has 3 rings (SSSR count). The number of guanidine groups is 1. The highest BCUT2D eigenvalue weighted by atomic mass is 127. The number of nitrogens with one attached hydrogen (secondary N) is 3. The molecule has 1 aliphatic carbocycles. The van der Waals surface area contributed by atoms with Gasteiger partial charge in [-0.3, -0.25) is 9.79 Å². The Balaban J connectivity index is 0.00000320. The first-order chi connectivity index (χ1) is 14.2. The van der Waals surface area contributed by atoms with Crippen LogP contribution in [0.15, 0.2) is 53.5 Å². The van der Waals surface area contributed by atoms with E-state index >= 15 is 0 Å². The maximum Gasteiger partial charge on any atom is 0.227 e. The van der Waals surface area contributed by atoms with Crippen LogP contribution >= 0.6 is 24.0 Å². The van der Waals surface area contributed by atoms with Crippen molar-refractivity contribution in [1.29, 1.82) is 0 Å². The summed E-state index contributed by atoms with van der Waals surface area (Å²) in [6, 6.07) is 16.0. The van der Waals surface area contributed by atoms with Gasteiger partial charge in [-0.15, -0.1) is 24.0 Å². The van der Waals surface area contributed by atoms with Gasteiger partial charge in [0, 0.05) is 31.7 Å². The lowest BCUT2D eigenvalue weighted by atomic mass is 9.85. The van der Waals surface area contributed by atoms with Crippen LogP contribution in [0.5, 0.6) is 5.75 Å². The fraction of sp³-hybridized carbons (Fsp3) is 0.391. The first kappa shape index (κ1) is 24.0. The topological polar surface area (TPSA) is 74.8 Å². The third-order valence-electron chi connectivity index (χ3n) is 5.23. The lowest BCUT2D eigenvalue weighted by molar-refractivity contribution is -0.122. The van der Waals surface area contributed by atoms with Gasteiger partial charge >= 0.3 is 0 Å². The number of ether oxygens (including phenoxy) is 1. The normalized spacial score (nSPS) is 13.6. The third kappa shape index (κ3) is 6.90. The lowest BCUT2D eigenvalue weighted by Gasteiger charge is -2.24. The van der Waals surface area contributed by atoms with Crippen molar-refractivity contribution in [3.05, 3.63) is 59.7 Å². The minimum Gasteiger partial charge on any atom is -0.496 e. The molecule has 1 aliphatic rings. The van der Waals surface area contributed by atoms with Crippen LogP contribution in [0.2, 0.25) is 0 Å². The van der Waals surface area contributed by atoms with Crippen LogP contribution in [0.4, 0.5) is 5.69 Å². The molecule has 1 amide bonds. The second-order valence-corrected chi connectivity index (χ2v) is 7.23. The number of nitrogens with zero attached hydrogens (tertiary/aromatic N) is 1. The van der Waals surface area contributed by atoms with Crippen LogP contribution in [-0.2, 0) is 17.8 Å².